The Morgan fingerprint density at radius 1 is 0.500 bits per heavy atom. The Bertz CT molecular complexity index is 583. The number of hydrogen-bond donors (Lipinski definition) is 4. The van der Waals surface area contributed by atoms with E-state index in [4.69, 9.17) is 10.2 Å². The highest BCUT2D eigenvalue weighted by atomic mass is 16.4. The summed E-state index contributed by atoms with van der Waals surface area (Å²) < 4.78 is 0. The lowest BCUT2D eigenvalue weighted by atomic mass is 10.1. The molecule has 0 atom stereocenters. The zero-order valence-electron chi connectivity index (χ0n) is 25.7. The summed E-state index contributed by atoms with van der Waals surface area (Å²) in [5, 5.41) is 21.0. The van der Waals surface area contributed by atoms with E-state index in [0.29, 0.717) is 25.9 Å². The molecule has 0 aliphatic carbocycles. The summed E-state index contributed by atoms with van der Waals surface area (Å²) >= 11 is 0. The highest BCUT2D eigenvalue weighted by Crippen LogP contribution is 2.11. The molecule has 234 valence electrons. The molecule has 2 amide bonds. The Labute approximate surface area is 244 Å². The molecule has 8 nitrogen and oxygen atoms in total. The van der Waals surface area contributed by atoms with Gasteiger partial charge in [-0.05, 0) is 12.8 Å². The van der Waals surface area contributed by atoms with E-state index >= 15 is 0 Å². The lowest BCUT2D eigenvalue weighted by Gasteiger charge is -2.07. The van der Waals surface area contributed by atoms with Gasteiger partial charge in [-0.25, -0.2) is 9.59 Å². The van der Waals surface area contributed by atoms with Gasteiger partial charge in [-0.1, -0.05) is 130 Å². The van der Waals surface area contributed by atoms with Gasteiger partial charge in [0.1, 0.15) is 0 Å². The van der Waals surface area contributed by atoms with Crippen LogP contribution < -0.4 is 10.6 Å². The molecular weight excluding hydrogens is 508 g/mol. The fraction of sp³-hybridized carbons (Fsp3) is 0.750. The Morgan fingerprint density at radius 3 is 0.950 bits per heavy atom. The summed E-state index contributed by atoms with van der Waals surface area (Å²) in [6, 6.07) is 0. The third kappa shape index (κ3) is 45.3. The highest BCUT2D eigenvalue weighted by molar-refractivity contribution is 5.79. The fourth-order valence-electron chi connectivity index (χ4n) is 3.77. The van der Waals surface area contributed by atoms with Crippen LogP contribution in [0.3, 0.4) is 0 Å². The van der Waals surface area contributed by atoms with Crippen LogP contribution in [0.4, 0.5) is 0 Å². The number of carboxylic acid groups (broad SMARTS) is 2. The number of unbranched alkanes of at least 4 members (excludes halogenated alkanes) is 16. The molecular formula is C32H60N2O6. The molecule has 0 rings (SSSR count). The summed E-state index contributed by atoms with van der Waals surface area (Å²) in [6.07, 6.45) is 25.7. The van der Waals surface area contributed by atoms with E-state index in [1.54, 1.807) is 0 Å². The normalized spacial score (nSPS) is 9.75. The quantitative estimate of drug-likeness (QED) is 0.0663. The number of carboxylic acids is 2. The summed E-state index contributed by atoms with van der Waals surface area (Å²) in [4.78, 5) is 42.2. The van der Waals surface area contributed by atoms with E-state index in [2.05, 4.69) is 37.6 Å². The molecule has 0 aromatic rings. The van der Waals surface area contributed by atoms with Crippen LogP contribution in [-0.2, 0) is 19.2 Å². The highest BCUT2D eigenvalue weighted by Gasteiger charge is 2.03. The SMILES string of the molecule is C=CC(=O)O.C=CC(=O)O.CCCCCCCCCCCC(=O)NCCNC(=O)CCCCCCCCCCC. The van der Waals surface area contributed by atoms with Gasteiger partial charge < -0.3 is 20.8 Å². The monoisotopic (exact) mass is 568 g/mol. The van der Waals surface area contributed by atoms with Gasteiger partial charge in [0.2, 0.25) is 11.8 Å². The predicted molar refractivity (Wildman–Crippen MR) is 165 cm³/mol. The molecule has 4 N–H and O–H groups in total. The first-order valence-corrected chi connectivity index (χ1v) is 15.5. The molecule has 0 saturated heterocycles. The lowest BCUT2D eigenvalue weighted by Crippen LogP contribution is -2.34. The lowest BCUT2D eigenvalue weighted by molar-refractivity contribution is -0.132. The zero-order valence-corrected chi connectivity index (χ0v) is 25.7. The molecule has 0 saturated carbocycles. The van der Waals surface area contributed by atoms with Gasteiger partial charge in [0, 0.05) is 38.1 Å². The molecule has 0 unspecified atom stereocenters. The Kier molecular flexibility index (Phi) is 38.0. The van der Waals surface area contributed by atoms with Crippen molar-refractivity contribution in [3.63, 3.8) is 0 Å². The summed E-state index contributed by atoms with van der Waals surface area (Å²) in [6.45, 7) is 11.5. The van der Waals surface area contributed by atoms with Gasteiger partial charge in [-0.2, -0.15) is 0 Å². The molecule has 0 heterocycles. The van der Waals surface area contributed by atoms with Crippen molar-refractivity contribution >= 4 is 23.8 Å². The molecule has 0 radical (unpaired) electrons. The predicted octanol–water partition coefficient (Wildman–Crippen LogP) is 7.57. The maximum atomic E-state index is 11.8. The van der Waals surface area contributed by atoms with Crippen LogP contribution in [0, 0.1) is 0 Å². The fourth-order valence-corrected chi connectivity index (χ4v) is 3.77. The minimum atomic E-state index is -0.981. The largest absolute Gasteiger partial charge is 0.478 e. The number of carbonyl (C=O) groups excluding carboxylic acids is 2. The average Bonchev–Trinajstić information content (AvgIpc) is 2.94. The molecule has 8 heteroatoms. The van der Waals surface area contributed by atoms with Crippen molar-refractivity contribution in [2.24, 2.45) is 0 Å². The van der Waals surface area contributed by atoms with Crippen LogP contribution in [0.15, 0.2) is 25.3 Å². The van der Waals surface area contributed by atoms with Crippen LogP contribution in [0.1, 0.15) is 142 Å². The first-order valence-electron chi connectivity index (χ1n) is 15.5. The Hall–Kier alpha value is -2.64. The maximum absolute atomic E-state index is 11.8. The van der Waals surface area contributed by atoms with Crippen molar-refractivity contribution in [1.29, 1.82) is 0 Å². The van der Waals surface area contributed by atoms with Crippen molar-refractivity contribution < 1.29 is 29.4 Å². The van der Waals surface area contributed by atoms with Crippen LogP contribution >= 0.6 is 0 Å². The molecule has 0 bridgehead atoms. The van der Waals surface area contributed by atoms with E-state index in [-0.39, 0.29) is 11.8 Å². The standard InChI is InChI=1S/C26H52N2O2.2C3H4O2/c1-3-5-7-9-11-13-15-17-19-21-25(29)27-23-24-28-26(30)22-20-18-16-14-12-10-8-6-4-2;2*1-2-3(4)5/h3-24H2,1-2H3,(H,27,29)(H,28,30);2*2H,1H2,(H,4,5). The second-order valence-electron chi connectivity index (χ2n) is 9.94. The van der Waals surface area contributed by atoms with Crippen molar-refractivity contribution in [3.8, 4) is 0 Å². The van der Waals surface area contributed by atoms with E-state index in [1.807, 2.05) is 0 Å². The van der Waals surface area contributed by atoms with Crippen LogP contribution in [-0.4, -0.2) is 47.1 Å². The van der Waals surface area contributed by atoms with Gasteiger partial charge >= 0.3 is 11.9 Å². The summed E-state index contributed by atoms with van der Waals surface area (Å²) in [5.74, 6) is -1.73. The number of carbonyl (C=O) groups is 4. The van der Waals surface area contributed by atoms with E-state index in [1.165, 1.54) is 89.9 Å². The smallest absolute Gasteiger partial charge is 0.327 e. The third-order valence-electron chi connectivity index (χ3n) is 6.13. The zero-order chi connectivity index (χ0) is 30.7. The number of nitrogens with one attached hydrogen (secondary N) is 2. The molecule has 0 aliphatic heterocycles. The van der Waals surface area contributed by atoms with Gasteiger partial charge in [0.05, 0.1) is 0 Å². The van der Waals surface area contributed by atoms with Gasteiger partial charge in [0.25, 0.3) is 0 Å². The van der Waals surface area contributed by atoms with Crippen molar-refractivity contribution in [2.75, 3.05) is 13.1 Å². The minimum Gasteiger partial charge on any atom is -0.478 e. The molecule has 0 spiro atoms. The van der Waals surface area contributed by atoms with Crippen LogP contribution in [0.25, 0.3) is 0 Å². The average molecular weight is 569 g/mol. The molecule has 40 heavy (non-hydrogen) atoms. The van der Waals surface area contributed by atoms with Gasteiger partial charge in [-0.3, -0.25) is 9.59 Å². The van der Waals surface area contributed by atoms with Crippen LogP contribution in [0.2, 0.25) is 0 Å². The molecule has 0 aromatic carbocycles. The number of amides is 2. The molecule has 0 fully saturated rings. The summed E-state index contributed by atoms with van der Waals surface area (Å²) in [5.41, 5.74) is 0. The van der Waals surface area contributed by atoms with Gasteiger partial charge in [-0.15, -0.1) is 0 Å². The second kappa shape index (κ2) is 36.4. The van der Waals surface area contributed by atoms with E-state index in [9.17, 15) is 19.2 Å². The summed E-state index contributed by atoms with van der Waals surface area (Å²) in [7, 11) is 0. The van der Waals surface area contributed by atoms with E-state index in [0.717, 1.165) is 37.8 Å². The first kappa shape index (κ1) is 41.8. The number of rotatable bonds is 25. The maximum Gasteiger partial charge on any atom is 0.327 e. The Morgan fingerprint density at radius 2 is 0.725 bits per heavy atom. The Balaban J connectivity index is -0.00000116. The number of hydrogen-bond acceptors (Lipinski definition) is 4. The third-order valence-corrected chi connectivity index (χ3v) is 6.13. The number of aliphatic carboxylic acids is 2. The van der Waals surface area contributed by atoms with Crippen molar-refractivity contribution in [2.45, 2.75) is 142 Å². The van der Waals surface area contributed by atoms with E-state index < -0.39 is 11.9 Å². The van der Waals surface area contributed by atoms with Crippen molar-refractivity contribution in [1.82, 2.24) is 10.6 Å². The second-order valence-corrected chi connectivity index (χ2v) is 9.94. The first-order chi connectivity index (χ1) is 19.2. The van der Waals surface area contributed by atoms with Crippen molar-refractivity contribution in [3.05, 3.63) is 25.3 Å². The minimum absolute atomic E-state index is 0.117. The van der Waals surface area contributed by atoms with Gasteiger partial charge in [0.15, 0.2) is 0 Å². The topological polar surface area (TPSA) is 133 Å². The molecule has 0 aliphatic rings. The molecule has 0 aromatic heterocycles. The van der Waals surface area contributed by atoms with Crippen LogP contribution in [0.5, 0.6) is 0 Å².